The fourth-order valence-corrected chi connectivity index (χ4v) is 6.65. The molecule has 2 saturated heterocycles. The summed E-state index contributed by atoms with van der Waals surface area (Å²) in [6.07, 6.45) is 1.12. The Labute approximate surface area is 270 Å². The third-order valence-corrected chi connectivity index (χ3v) is 9.19. The number of piperidine rings is 1. The van der Waals surface area contributed by atoms with Gasteiger partial charge in [0.2, 0.25) is 5.91 Å². The summed E-state index contributed by atoms with van der Waals surface area (Å²) in [5.74, 6) is 0.662. The number of hydrogen-bond acceptors (Lipinski definition) is 7. The first-order valence-corrected chi connectivity index (χ1v) is 16.0. The normalized spacial score (nSPS) is 18.4. The van der Waals surface area contributed by atoms with Gasteiger partial charge in [-0.2, -0.15) is 5.10 Å². The molecule has 0 saturated carbocycles. The van der Waals surface area contributed by atoms with Gasteiger partial charge >= 0.3 is 12.2 Å². The highest BCUT2D eigenvalue weighted by molar-refractivity contribution is 5.78. The van der Waals surface area contributed by atoms with Gasteiger partial charge in [-0.25, -0.2) is 9.59 Å². The summed E-state index contributed by atoms with van der Waals surface area (Å²) in [4.78, 5) is 44.3. The van der Waals surface area contributed by atoms with Crippen LogP contribution in [0.1, 0.15) is 56.9 Å². The molecule has 6 rings (SSSR count). The molecule has 2 fully saturated rings. The molecule has 1 spiro atoms. The summed E-state index contributed by atoms with van der Waals surface area (Å²) in [5, 5.41) is 4.99. The van der Waals surface area contributed by atoms with E-state index in [1.54, 1.807) is 26.4 Å². The average Bonchev–Trinajstić information content (AvgIpc) is 3.66. The molecule has 11 heteroatoms. The molecule has 3 aliphatic rings. The van der Waals surface area contributed by atoms with E-state index in [0.29, 0.717) is 45.4 Å². The summed E-state index contributed by atoms with van der Waals surface area (Å²) in [7, 11) is 1.79. The fraction of sp³-hybridized carbons (Fsp3) is 0.486. The highest BCUT2D eigenvalue weighted by Gasteiger charge is 2.47. The number of aromatic nitrogens is 2. The van der Waals surface area contributed by atoms with Crippen LogP contribution in [0.2, 0.25) is 0 Å². The van der Waals surface area contributed by atoms with Crippen molar-refractivity contribution in [3.63, 3.8) is 0 Å². The zero-order valence-electron chi connectivity index (χ0n) is 27.3. The number of hydrogen-bond donors (Lipinski definition) is 0. The van der Waals surface area contributed by atoms with Crippen LogP contribution in [0.4, 0.5) is 9.59 Å². The maximum atomic E-state index is 13.6. The number of carbonyl (C=O) groups excluding carboxylic acids is 3. The molecule has 244 valence electrons. The first-order valence-electron chi connectivity index (χ1n) is 16.0. The molecule has 3 aliphatic heterocycles. The lowest BCUT2D eigenvalue weighted by atomic mass is 9.79. The standard InChI is InChI=1S/C35H43N5O6/c1-24-30-31(36-40(24)22-29(41)37(5)26-15-18-39(21-26)33(43)46-34(2,3)4)27-13-9-10-14-28(27)45-35(30)16-19-38(20-17-35)32(42)44-23-25-11-7-6-8-12-25/h6-14,26H,15-23H2,1-5H3/t26-/m1/s1. The van der Waals surface area contributed by atoms with Crippen LogP contribution in [-0.2, 0) is 33.0 Å². The van der Waals surface area contributed by atoms with Crippen molar-refractivity contribution in [2.24, 2.45) is 0 Å². The highest BCUT2D eigenvalue weighted by atomic mass is 16.6. The SMILES string of the molecule is Cc1c2c(nn1CC(=O)N(C)[C@@H]1CCN(C(=O)OC(C)(C)C)C1)-c1ccccc1OC21CCN(C(=O)OCc2ccccc2)CC1. The molecule has 0 N–H and O–H groups in total. The molecule has 46 heavy (non-hydrogen) atoms. The van der Waals surface area contributed by atoms with E-state index in [0.717, 1.165) is 33.8 Å². The van der Waals surface area contributed by atoms with Gasteiger partial charge < -0.3 is 28.9 Å². The minimum atomic E-state index is -0.684. The van der Waals surface area contributed by atoms with Crippen LogP contribution in [0.25, 0.3) is 11.3 Å². The largest absolute Gasteiger partial charge is 0.482 e. The van der Waals surface area contributed by atoms with Crippen molar-refractivity contribution in [2.45, 2.75) is 77.4 Å². The van der Waals surface area contributed by atoms with E-state index in [9.17, 15) is 14.4 Å². The van der Waals surface area contributed by atoms with Crippen LogP contribution in [0, 0.1) is 6.92 Å². The van der Waals surface area contributed by atoms with E-state index in [2.05, 4.69) is 0 Å². The smallest absolute Gasteiger partial charge is 0.410 e. The summed E-state index contributed by atoms with van der Waals surface area (Å²) in [6.45, 7) is 9.72. The van der Waals surface area contributed by atoms with Crippen molar-refractivity contribution in [3.8, 4) is 17.0 Å². The lowest BCUT2D eigenvalue weighted by Gasteiger charge is -2.44. The van der Waals surface area contributed by atoms with Gasteiger partial charge in [-0.1, -0.05) is 42.5 Å². The van der Waals surface area contributed by atoms with Crippen LogP contribution < -0.4 is 4.74 Å². The Morgan fingerprint density at radius 3 is 2.39 bits per heavy atom. The maximum absolute atomic E-state index is 13.6. The second-order valence-electron chi connectivity index (χ2n) is 13.5. The Morgan fingerprint density at radius 2 is 1.67 bits per heavy atom. The molecular formula is C35H43N5O6. The number of para-hydroxylation sites is 1. The molecule has 1 aromatic heterocycles. The van der Waals surface area contributed by atoms with Crippen LogP contribution in [0.5, 0.6) is 5.75 Å². The molecule has 3 amide bonds. The fourth-order valence-electron chi connectivity index (χ4n) is 6.65. The maximum Gasteiger partial charge on any atom is 0.410 e. The first-order chi connectivity index (χ1) is 21.9. The van der Waals surface area contributed by atoms with Crippen LogP contribution in [0.15, 0.2) is 54.6 Å². The number of likely N-dealkylation sites (N-methyl/N-ethyl adjacent to an activating group) is 1. The zero-order valence-corrected chi connectivity index (χ0v) is 27.3. The summed E-state index contributed by atoms with van der Waals surface area (Å²) >= 11 is 0. The number of fused-ring (bicyclic) bond motifs is 4. The van der Waals surface area contributed by atoms with E-state index in [1.807, 2.05) is 82.3 Å². The number of rotatable bonds is 5. The highest BCUT2D eigenvalue weighted by Crippen LogP contribution is 2.50. The minimum Gasteiger partial charge on any atom is -0.482 e. The first kappa shape index (κ1) is 31.4. The van der Waals surface area contributed by atoms with Crippen molar-refractivity contribution in [3.05, 3.63) is 71.4 Å². The molecule has 2 aromatic carbocycles. The molecule has 0 radical (unpaired) electrons. The molecule has 0 aliphatic carbocycles. The predicted octanol–water partition coefficient (Wildman–Crippen LogP) is 5.35. The monoisotopic (exact) mass is 629 g/mol. The van der Waals surface area contributed by atoms with Gasteiger partial charge in [0.15, 0.2) is 0 Å². The quantitative estimate of drug-likeness (QED) is 0.375. The molecule has 0 unspecified atom stereocenters. The number of benzene rings is 2. The van der Waals surface area contributed by atoms with E-state index in [1.165, 1.54) is 0 Å². The van der Waals surface area contributed by atoms with Gasteiger partial charge in [-0.15, -0.1) is 0 Å². The Bertz CT molecular complexity index is 1610. The second kappa shape index (κ2) is 12.3. The van der Waals surface area contributed by atoms with Gasteiger partial charge in [-0.3, -0.25) is 9.48 Å². The lowest BCUT2D eigenvalue weighted by Crippen LogP contribution is -2.49. The number of amides is 3. The van der Waals surface area contributed by atoms with Gasteiger partial charge in [0.05, 0.1) is 6.04 Å². The number of likely N-dealkylation sites (tertiary alicyclic amines) is 2. The average molecular weight is 630 g/mol. The van der Waals surface area contributed by atoms with Crippen LogP contribution >= 0.6 is 0 Å². The van der Waals surface area contributed by atoms with Crippen molar-refractivity contribution < 1.29 is 28.6 Å². The van der Waals surface area contributed by atoms with Crippen LogP contribution in [0.3, 0.4) is 0 Å². The van der Waals surface area contributed by atoms with Gasteiger partial charge in [-0.05, 0) is 51.8 Å². The topological polar surface area (TPSA) is 106 Å². The molecule has 0 bridgehead atoms. The number of nitrogens with zero attached hydrogens (tertiary/aromatic N) is 5. The molecule has 1 atom stereocenters. The molecule has 11 nitrogen and oxygen atoms in total. The lowest BCUT2D eigenvalue weighted by molar-refractivity contribution is -0.132. The van der Waals surface area contributed by atoms with Gasteiger partial charge in [0.25, 0.3) is 0 Å². The number of ether oxygens (including phenoxy) is 3. The van der Waals surface area contributed by atoms with Crippen molar-refractivity contribution in [1.82, 2.24) is 24.5 Å². The molecule has 3 aromatic rings. The van der Waals surface area contributed by atoms with Gasteiger partial charge in [0, 0.05) is 62.9 Å². The zero-order chi connectivity index (χ0) is 32.6. The summed E-state index contributed by atoms with van der Waals surface area (Å²) in [5.41, 5.74) is 3.22. The second-order valence-corrected chi connectivity index (χ2v) is 13.5. The Balaban J connectivity index is 1.16. The van der Waals surface area contributed by atoms with E-state index < -0.39 is 11.2 Å². The Kier molecular flexibility index (Phi) is 8.43. The molecular weight excluding hydrogens is 586 g/mol. The minimum absolute atomic E-state index is 0.0639. The van der Waals surface area contributed by atoms with Crippen molar-refractivity contribution in [1.29, 1.82) is 0 Å². The van der Waals surface area contributed by atoms with E-state index in [4.69, 9.17) is 19.3 Å². The van der Waals surface area contributed by atoms with E-state index in [-0.39, 0.29) is 37.3 Å². The van der Waals surface area contributed by atoms with Gasteiger partial charge in [0.1, 0.15) is 35.8 Å². The summed E-state index contributed by atoms with van der Waals surface area (Å²) in [6, 6.07) is 17.4. The Morgan fingerprint density at radius 1 is 0.978 bits per heavy atom. The third kappa shape index (κ3) is 6.27. The Hall–Kier alpha value is -4.54. The van der Waals surface area contributed by atoms with Crippen molar-refractivity contribution >= 4 is 18.1 Å². The predicted molar refractivity (Wildman–Crippen MR) is 171 cm³/mol. The summed E-state index contributed by atoms with van der Waals surface area (Å²) < 4.78 is 19.7. The van der Waals surface area contributed by atoms with Crippen LogP contribution in [-0.4, -0.2) is 87.4 Å². The van der Waals surface area contributed by atoms with E-state index >= 15 is 0 Å². The number of carbonyl (C=O) groups is 3. The van der Waals surface area contributed by atoms with Crippen molar-refractivity contribution in [2.75, 3.05) is 33.2 Å². The molecule has 4 heterocycles. The third-order valence-electron chi connectivity index (χ3n) is 9.19.